The first-order valence-electron chi connectivity index (χ1n) is 3.79. The summed E-state index contributed by atoms with van der Waals surface area (Å²) in [4.78, 5) is 0. The minimum absolute atomic E-state index is 1.04. The van der Waals surface area contributed by atoms with Crippen molar-refractivity contribution in [3.63, 3.8) is 0 Å². The van der Waals surface area contributed by atoms with Gasteiger partial charge in [-0.2, -0.15) is 0 Å². The molecule has 0 spiro atoms. The average Bonchev–Trinajstić information content (AvgIpc) is 2.04. The molecule has 0 heterocycles. The number of allylic oxidation sites excluding steroid dienone is 4. The highest BCUT2D eigenvalue weighted by Gasteiger charge is 1.79. The van der Waals surface area contributed by atoms with E-state index in [1.165, 1.54) is 5.57 Å². The van der Waals surface area contributed by atoms with Crippen LogP contribution in [-0.2, 0) is 0 Å². The molecule has 0 aromatic heterocycles. The molecule has 0 aliphatic heterocycles. The van der Waals surface area contributed by atoms with Gasteiger partial charge in [-0.15, -0.1) is 0 Å². The maximum absolute atomic E-state index is 3.63. The topological polar surface area (TPSA) is 0 Å². The Morgan fingerprint density at radius 3 is 1.90 bits per heavy atom. The van der Waals surface area contributed by atoms with Gasteiger partial charge in [0.2, 0.25) is 0 Å². The fourth-order valence-corrected chi connectivity index (χ4v) is 0.482. The zero-order valence-corrected chi connectivity index (χ0v) is 7.35. The SMILES string of the molecule is C=C/C=C(\C=C)CC.CC. The molecule has 0 nitrogen and oxygen atoms in total. The molecule has 0 aliphatic carbocycles. The predicted octanol–water partition coefficient (Wildman–Crippen LogP) is 3.72. The summed E-state index contributed by atoms with van der Waals surface area (Å²) in [6, 6.07) is 0. The minimum atomic E-state index is 1.04. The maximum Gasteiger partial charge on any atom is -0.0308 e. The maximum atomic E-state index is 3.63. The Kier molecular flexibility index (Phi) is 13.2. The first-order chi connectivity index (χ1) is 4.85. The van der Waals surface area contributed by atoms with E-state index in [2.05, 4.69) is 20.1 Å². The lowest BCUT2D eigenvalue weighted by molar-refractivity contribution is 1.15. The van der Waals surface area contributed by atoms with Crippen LogP contribution < -0.4 is 0 Å². The zero-order valence-electron chi connectivity index (χ0n) is 7.35. The molecule has 0 aliphatic rings. The van der Waals surface area contributed by atoms with Gasteiger partial charge in [0.05, 0.1) is 0 Å². The highest BCUT2D eigenvalue weighted by molar-refractivity contribution is 5.20. The molecule has 58 valence electrons. The molecule has 0 unspecified atom stereocenters. The second kappa shape index (κ2) is 11.1. The van der Waals surface area contributed by atoms with Crippen LogP contribution in [0.3, 0.4) is 0 Å². The van der Waals surface area contributed by atoms with E-state index in [4.69, 9.17) is 0 Å². The van der Waals surface area contributed by atoms with Gasteiger partial charge in [0.1, 0.15) is 0 Å². The number of rotatable bonds is 3. The fraction of sp³-hybridized carbons (Fsp3) is 0.400. The van der Waals surface area contributed by atoms with Gasteiger partial charge < -0.3 is 0 Å². The molecule has 0 rings (SSSR count). The summed E-state index contributed by atoms with van der Waals surface area (Å²) in [7, 11) is 0. The van der Waals surface area contributed by atoms with E-state index < -0.39 is 0 Å². The lowest BCUT2D eigenvalue weighted by Gasteiger charge is -1.89. The van der Waals surface area contributed by atoms with Crippen molar-refractivity contribution in [3.8, 4) is 0 Å². The second-order valence-corrected chi connectivity index (χ2v) is 1.53. The smallest absolute Gasteiger partial charge is 0.0308 e. The molecule has 0 bridgehead atoms. The summed E-state index contributed by atoms with van der Waals surface area (Å²) in [5.74, 6) is 0. The zero-order chi connectivity index (χ0) is 8.41. The third-order valence-electron chi connectivity index (χ3n) is 1.00. The Bertz CT molecular complexity index is 107. The Balaban J connectivity index is 0. The summed E-state index contributed by atoms with van der Waals surface area (Å²) in [5.41, 5.74) is 1.24. The van der Waals surface area contributed by atoms with Gasteiger partial charge in [-0.05, 0) is 12.0 Å². The van der Waals surface area contributed by atoms with Crippen molar-refractivity contribution >= 4 is 0 Å². The van der Waals surface area contributed by atoms with Crippen molar-refractivity contribution in [2.75, 3.05) is 0 Å². The molecule has 0 radical (unpaired) electrons. The first kappa shape index (κ1) is 12.0. The van der Waals surface area contributed by atoms with Gasteiger partial charge in [-0.1, -0.05) is 52.2 Å². The van der Waals surface area contributed by atoms with Gasteiger partial charge in [0.25, 0.3) is 0 Å². The van der Waals surface area contributed by atoms with Crippen LogP contribution in [0.4, 0.5) is 0 Å². The van der Waals surface area contributed by atoms with Gasteiger partial charge in [-0.25, -0.2) is 0 Å². The summed E-state index contributed by atoms with van der Waals surface area (Å²) in [6.45, 7) is 13.3. The highest BCUT2D eigenvalue weighted by Crippen LogP contribution is 1.99. The monoisotopic (exact) mass is 138 g/mol. The van der Waals surface area contributed by atoms with E-state index >= 15 is 0 Å². The van der Waals surface area contributed by atoms with Crippen molar-refractivity contribution in [1.29, 1.82) is 0 Å². The molecular weight excluding hydrogens is 120 g/mol. The van der Waals surface area contributed by atoms with Crippen LogP contribution in [0, 0.1) is 0 Å². The Labute approximate surface area is 65.0 Å². The normalized spacial score (nSPS) is 9.30. The highest BCUT2D eigenvalue weighted by atomic mass is 13.8. The van der Waals surface area contributed by atoms with Gasteiger partial charge in [-0.3, -0.25) is 0 Å². The van der Waals surface area contributed by atoms with Crippen LogP contribution in [0.1, 0.15) is 27.2 Å². The Hall–Kier alpha value is -0.780. The van der Waals surface area contributed by atoms with Crippen LogP contribution in [0.25, 0.3) is 0 Å². The number of hydrogen-bond acceptors (Lipinski definition) is 0. The molecule has 0 aromatic rings. The molecular formula is C10H18. The van der Waals surface area contributed by atoms with Crippen LogP contribution in [0.15, 0.2) is 37.0 Å². The third-order valence-corrected chi connectivity index (χ3v) is 1.00. The molecule has 0 aromatic carbocycles. The van der Waals surface area contributed by atoms with Crippen LogP contribution in [0.2, 0.25) is 0 Å². The average molecular weight is 138 g/mol. The predicted molar refractivity (Wildman–Crippen MR) is 50.1 cm³/mol. The molecule has 0 atom stereocenters. The summed E-state index contributed by atoms with van der Waals surface area (Å²) >= 11 is 0. The van der Waals surface area contributed by atoms with E-state index in [9.17, 15) is 0 Å². The van der Waals surface area contributed by atoms with E-state index in [1.807, 2.05) is 26.0 Å². The largest absolute Gasteiger partial charge is 0.0991 e. The number of hydrogen-bond donors (Lipinski definition) is 0. The quantitative estimate of drug-likeness (QED) is 0.521. The Morgan fingerprint density at radius 1 is 1.30 bits per heavy atom. The molecule has 10 heavy (non-hydrogen) atoms. The Morgan fingerprint density at radius 2 is 1.80 bits per heavy atom. The summed E-state index contributed by atoms with van der Waals surface area (Å²) < 4.78 is 0. The van der Waals surface area contributed by atoms with Gasteiger partial charge in [0.15, 0.2) is 0 Å². The third kappa shape index (κ3) is 7.22. The molecule has 0 saturated heterocycles. The van der Waals surface area contributed by atoms with Crippen molar-refractivity contribution in [3.05, 3.63) is 37.0 Å². The van der Waals surface area contributed by atoms with Crippen LogP contribution in [0.5, 0.6) is 0 Å². The lowest BCUT2D eigenvalue weighted by atomic mass is 10.2. The van der Waals surface area contributed by atoms with Crippen molar-refractivity contribution in [2.45, 2.75) is 27.2 Å². The van der Waals surface area contributed by atoms with Crippen molar-refractivity contribution in [1.82, 2.24) is 0 Å². The van der Waals surface area contributed by atoms with E-state index in [0.717, 1.165) is 6.42 Å². The van der Waals surface area contributed by atoms with E-state index in [0.29, 0.717) is 0 Å². The molecule has 0 fully saturated rings. The van der Waals surface area contributed by atoms with Gasteiger partial charge in [0, 0.05) is 0 Å². The summed E-state index contributed by atoms with van der Waals surface area (Å²) in [5, 5.41) is 0. The molecule has 0 saturated carbocycles. The molecule has 0 heteroatoms. The van der Waals surface area contributed by atoms with E-state index in [1.54, 1.807) is 6.08 Å². The van der Waals surface area contributed by atoms with Crippen LogP contribution >= 0.6 is 0 Å². The van der Waals surface area contributed by atoms with Gasteiger partial charge >= 0.3 is 0 Å². The lowest BCUT2D eigenvalue weighted by Crippen LogP contribution is -1.68. The summed E-state index contributed by atoms with van der Waals surface area (Å²) in [6.07, 6.45) is 6.63. The standard InChI is InChI=1S/C8H12.C2H6/c1-4-7-8(5-2)6-3;1-2/h4-5,7H,1-2,6H2,3H3;1-2H3/b8-7+;. The molecule has 0 amide bonds. The van der Waals surface area contributed by atoms with Crippen molar-refractivity contribution in [2.24, 2.45) is 0 Å². The van der Waals surface area contributed by atoms with Crippen LogP contribution in [-0.4, -0.2) is 0 Å². The van der Waals surface area contributed by atoms with Crippen molar-refractivity contribution < 1.29 is 0 Å². The second-order valence-electron chi connectivity index (χ2n) is 1.53. The minimum Gasteiger partial charge on any atom is -0.0991 e. The first-order valence-corrected chi connectivity index (χ1v) is 3.79. The fourth-order valence-electron chi connectivity index (χ4n) is 0.482. The molecule has 0 N–H and O–H groups in total. The van der Waals surface area contributed by atoms with E-state index in [-0.39, 0.29) is 0 Å².